The molecule has 2 rings (SSSR count). The van der Waals surface area contributed by atoms with Gasteiger partial charge in [-0.1, -0.05) is 32.9 Å². The van der Waals surface area contributed by atoms with Gasteiger partial charge in [-0.05, 0) is 36.0 Å². The molecule has 1 amide bonds. The van der Waals surface area contributed by atoms with Crippen molar-refractivity contribution in [3.63, 3.8) is 0 Å². The number of rotatable bonds is 4. The van der Waals surface area contributed by atoms with E-state index in [9.17, 15) is 4.79 Å². The summed E-state index contributed by atoms with van der Waals surface area (Å²) in [6.07, 6.45) is 7.88. The highest BCUT2D eigenvalue weighted by Crippen LogP contribution is 2.53. The smallest absolute Gasteiger partial charge is 0.222 e. The molecule has 0 aromatic carbocycles. The minimum Gasteiger partial charge on any atom is -0.345 e. The van der Waals surface area contributed by atoms with E-state index in [0.717, 1.165) is 18.9 Å². The third-order valence-corrected chi connectivity index (χ3v) is 4.42. The number of carbonyl (C=O) groups excluding carboxylic acids is 1. The Morgan fingerprint density at radius 3 is 2.65 bits per heavy atom. The minimum atomic E-state index is 0.224. The van der Waals surface area contributed by atoms with Crippen LogP contribution in [-0.2, 0) is 4.79 Å². The highest BCUT2D eigenvalue weighted by atomic mass is 16.2. The summed E-state index contributed by atoms with van der Waals surface area (Å²) < 4.78 is 0. The summed E-state index contributed by atoms with van der Waals surface area (Å²) >= 11 is 0. The fourth-order valence-corrected chi connectivity index (χ4v) is 3.53. The van der Waals surface area contributed by atoms with Crippen molar-refractivity contribution in [3.05, 3.63) is 12.2 Å². The first-order valence-corrected chi connectivity index (χ1v) is 6.83. The van der Waals surface area contributed by atoms with E-state index in [2.05, 4.69) is 32.9 Å². The molecule has 2 bridgehead atoms. The van der Waals surface area contributed by atoms with E-state index in [1.807, 2.05) is 11.9 Å². The summed E-state index contributed by atoms with van der Waals surface area (Å²) in [7, 11) is 1.94. The standard InChI is InChI=1S/C15H25NO/c1-11(2)10-16(4)14(17)9-15(3)8-12-5-6-13(15)7-12/h5-6,11-13H,7-10H2,1-4H3. The zero-order valence-electron chi connectivity index (χ0n) is 11.6. The van der Waals surface area contributed by atoms with Crippen LogP contribution in [0.25, 0.3) is 0 Å². The Bertz CT molecular complexity index is 334. The van der Waals surface area contributed by atoms with Crippen molar-refractivity contribution >= 4 is 5.91 Å². The minimum absolute atomic E-state index is 0.224. The summed E-state index contributed by atoms with van der Waals surface area (Å²) in [5, 5.41) is 0. The van der Waals surface area contributed by atoms with Gasteiger partial charge in [0.1, 0.15) is 0 Å². The highest BCUT2D eigenvalue weighted by molar-refractivity contribution is 5.76. The van der Waals surface area contributed by atoms with Crippen LogP contribution >= 0.6 is 0 Å². The monoisotopic (exact) mass is 235 g/mol. The average molecular weight is 235 g/mol. The molecule has 0 aromatic rings. The van der Waals surface area contributed by atoms with E-state index >= 15 is 0 Å². The lowest BCUT2D eigenvalue weighted by Gasteiger charge is -2.33. The number of hydrogen-bond donors (Lipinski definition) is 0. The van der Waals surface area contributed by atoms with E-state index in [0.29, 0.717) is 17.7 Å². The van der Waals surface area contributed by atoms with Crippen LogP contribution < -0.4 is 0 Å². The number of nitrogens with zero attached hydrogens (tertiary/aromatic N) is 1. The van der Waals surface area contributed by atoms with E-state index in [4.69, 9.17) is 0 Å². The van der Waals surface area contributed by atoms with Gasteiger partial charge in [0.15, 0.2) is 0 Å². The SMILES string of the molecule is CC(C)CN(C)C(=O)CC1(C)CC2C=CC1C2. The van der Waals surface area contributed by atoms with Gasteiger partial charge < -0.3 is 4.90 Å². The predicted molar refractivity (Wildman–Crippen MR) is 70.6 cm³/mol. The molecule has 0 aliphatic heterocycles. The third-order valence-electron chi connectivity index (χ3n) is 4.42. The molecule has 2 heteroatoms. The lowest BCUT2D eigenvalue weighted by Crippen LogP contribution is -2.35. The molecule has 17 heavy (non-hydrogen) atoms. The quantitative estimate of drug-likeness (QED) is 0.686. The number of fused-ring (bicyclic) bond motifs is 2. The van der Waals surface area contributed by atoms with Gasteiger partial charge in [-0.2, -0.15) is 0 Å². The number of allylic oxidation sites excluding steroid dienone is 2. The molecule has 2 aliphatic carbocycles. The molecule has 0 heterocycles. The summed E-state index contributed by atoms with van der Waals surface area (Å²) in [6.45, 7) is 7.48. The lowest BCUT2D eigenvalue weighted by molar-refractivity contribution is -0.133. The average Bonchev–Trinajstić information content (AvgIpc) is 2.75. The van der Waals surface area contributed by atoms with Gasteiger partial charge in [0.25, 0.3) is 0 Å². The van der Waals surface area contributed by atoms with E-state index in [1.165, 1.54) is 12.8 Å². The van der Waals surface area contributed by atoms with Crippen molar-refractivity contribution in [2.45, 2.75) is 40.0 Å². The maximum absolute atomic E-state index is 12.2. The van der Waals surface area contributed by atoms with Gasteiger partial charge in [0.05, 0.1) is 0 Å². The van der Waals surface area contributed by atoms with Crippen LogP contribution in [0.5, 0.6) is 0 Å². The Balaban J connectivity index is 1.93. The van der Waals surface area contributed by atoms with Gasteiger partial charge in [0, 0.05) is 20.0 Å². The van der Waals surface area contributed by atoms with Crippen LogP contribution in [0.4, 0.5) is 0 Å². The second-order valence-corrected chi connectivity index (χ2v) is 6.69. The zero-order chi connectivity index (χ0) is 12.6. The summed E-state index contributed by atoms with van der Waals surface area (Å²) in [5.74, 6) is 2.26. The Kier molecular flexibility index (Phi) is 3.33. The molecule has 0 radical (unpaired) electrons. The fourth-order valence-electron chi connectivity index (χ4n) is 3.53. The molecule has 3 unspecified atom stereocenters. The van der Waals surface area contributed by atoms with Gasteiger partial charge >= 0.3 is 0 Å². The van der Waals surface area contributed by atoms with Crippen molar-refractivity contribution in [1.82, 2.24) is 4.90 Å². The molecule has 1 saturated carbocycles. The molecule has 2 nitrogen and oxygen atoms in total. The number of carbonyl (C=O) groups is 1. The van der Waals surface area contributed by atoms with Crippen LogP contribution in [0, 0.1) is 23.2 Å². The van der Waals surface area contributed by atoms with Crippen LogP contribution in [0.3, 0.4) is 0 Å². The second-order valence-electron chi connectivity index (χ2n) is 6.69. The highest BCUT2D eigenvalue weighted by Gasteiger charge is 2.46. The Morgan fingerprint density at radius 1 is 1.47 bits per heavy atom. The van der Waals surface area contributed by atoms with Gasteiger partial charge in [-0.3, -0.25) is 4.79 Å². The van der Waals surface area contributed by atoms with Crippen molar-refractivity contribution in [3.8, 4) is 0 Å². The van der Waals surface area contributed by atoms with Crippen molar-refractivity contribution in [2.24, 2.45) is 23.2 Å². The second kappa shape index (κ2) is 4.47. The van der Waals surface area contributed by atoms with Crippen molar-refractivity contribution in [1.29, 1.82) is 0 Å². The van der Waals surface area contributed by atoms with Gasteiger partial charge in [0.2, 0.25) is 5.91 Å². The van der Waals surface area contributed by atoms with Crippen LogP contribution in [-0.4, -0.2) is 24.4 Å². The molecule has 3 atom stereocenters. The number of amides is 1. The maximum atomic E-state index is 12.2. The molecule has 96 valence electrons. The molecule has 1 fully saturated rings. The lowest BCUT2D eigenvalue weighted by atomic mass is 9.75. The Labute approximate surface area is 105 Å². The molecule has 2 aliphatic rings. The van der Waals surface area contributed by atoms with Gasteiger partial charge in [-0.15, -0.1) is 0 Å². The third kappa shape index (κ3) is 2.56. The molecule has 0 aromatic heterocycles. The summed E-state index contributed by atoms with van der Waals surface area (Å²) in [5.41, 5.74) is 0.224. The summed E-state index contributed by atoms with van der Waals surface area (Å²) in [6, 6.07) is 0. The maximum Gasteiger partial charge on any atom is 0.222 e. The van der Waals surface area contributed by atoms with Crippen LogP contribution in [0.2, 0.25) is 0 Å². The van der Waals surface area contributed by atoms with Crippen LogP contribution in [0.15, 0.2) is 12.2 Å². The van der Waals surface area contributed by atoms with Crippen LogP contribution in [0.1, 0.15) is 40.0 Å². The zero-order valence-corrected chi connectivity index (χ0v) is 11.6. The molecule has 0 saturated heterocycles. The Hall–Kier alpha value is -0.790. The van der Waals surface area contributed by atoms with Gasteiger partial charge in [-0.25, -0.2) is 0 Å². The normalized spacial score (nSPS) is 34.6. The largest absolute Gasteiger partial charge is 0.345 e. The summed E-state index contributed by atoms with van der Waals surface area (Å²) in [4.78, 5) is 14.1. The first kappa shape index (κ1) is 12.7. The van der Waals surface area contributed by atoms with Crippen molar-refractivity contribution < 1.29 is 4.79 Å². The first-order valence-electron chi connectivity index (χ1n) is 6.83. The van der Waals surface area contributed by atoms with E-state index in [-0.39, 0.29) is 5.41 Å². The topological polar surface area (TPSA) is 20.3 Å². The fraction of sp³-hybridized carbons (Fsp3) is 0.800. The predicted octanol–water partition coefficient (Wildman–Crippen LogP) is 3.09. The molecular formula is C15H25NO. The number of hydrogen-bond acceptors (Lipinski definition) is 1. The van der Waals surface area contributed by atoms with Crippen molar-refractivity contribution in [2.75, 3.05) is 13.6 Å². The van der Waals surface area contributed by atoms with E-state index < -0.39 is 0 Å². The molecule has 0 spiro atoms. The molecule has 0 N–H and O–H groups in total. The molecular weight excluding hydrogens is 210 g/mol. The van der Waals surface area contributed by atoms with E-state index in [1.54, 1.807) is 0 Å². The first-order chi connectivity index (χ1) is 7.90. The Morgan fingerprint density at radius 2 is 2.18 bits per heavy atom.